The Bertz CT molecular complexity index is 365. The molecular formula is C14H23N3. The molecule has 0 radical (unpaired) electrons. The molecule has 1 saturated carbocycles. The third-order valence-electron chi connectivity index (χ3n) is 4.27. The molecule has 1 aromatic heterocycles. The topological polar surface area (TPSA) is 29.9 Å². The number of rotatable bonds is 4. The molecule has 0 amide bonds. The first kappa shape index (κ1) is 11.3. The molecule has 1 saturated heterocycles. The van der Waals surface area contributed by atoms with Gasteiger partial charge in [-0.2, -0.15) is 0 Å². The summed E-state index contributed by atoms with van der Waals surface area (Å²) in [7, 11) is 0. The van der Waals surface area contributed by atoms with E-state index in [1.807, 2.05) is 6.33 Å². The van der Waals surface area contributed by atoms with Crippen molar-refractivity contribution >= 4 is 0 Å². The highest BCUT2D eigenvalue weighted by atomic mass is 15.1. The maximum atomic E-state index is 4.38. The zero-order valence-electron chi connectivity index (χ0n) is 10.7. The van der Waals surface area contributed by atoms with Crippen LogP contribution in [0.3, 0.4) is 0 Å². The quantitative estimate of drug-likeness (QED) is 0.866. The van der Waals surface area contributed by atoms with Crippen LogP contribution in [0.4, 0.5) is 0 Å². The van der Waals surface area contributed by atoms with Crippen LogP contribution in [-0.4, -0.2) is 16.1 Å². The maximum Gasteiger partial charge on any atom is 0.0951 e. The van der Waals surface area contributed by atoms with Crippen LogP contribution < -0.4 is 5.32 Å². The van der Waals surface area contributed by atoms with Gasteiger partial charge in [-0.05, 0) is 38.1 Å². The van der Waals surface area contributed by atoms with Crippen molar-refractivity contribution in [2.24, 2.45) is 5.92 Å². The van der Waals surface area contributed by atoms with Gasteiger partial charge in [0.2, 0.25) is 0 Å². The summed E-state index contributed by atoms with van der Waals surface area (Å²) in [5.41, 5.74) is 1.42. The van der Waals surface area contributed by atoms with Gasteiger partial charge in [0.05, 0.1) is 12.0 Å². The Balaban J connectivity index is 1.71. The summed E-state index contributed by atoms with van der Waals surface area (Å²) in [5.74, 6) is 0.913. The molecule has 3 heteroatoms. The Morgan fingerprint density at radius 2 is 2.41 bits per heavy atom. The summed E-state index contributed by atoms with van der Waals surface area (Å²) in [4.78, 5) is 4.38. The lowest BCUT2D eigenvalue weighted by Crippen LogP contribution is -2.28. The summed E-state index contributed by atoms with van der Waals surface area (Å²) in [6.45, 7) is 3.45. The van der Waals surface area contributed by atoms with E-state index in [1.54, 1.807) is 0 Å². The minimum absolute atomic E-state index is 0.550. The van der Waals surface area contributed by atoms with Crippen LogP contribution in [0, 0.1) is 5.92 Å². The third kappa shape index (κ3) is 2.25. The van der Waals surface area contributed by atoms with Crippen LogP contribution in [0.25, 0.3) is 0 Å². The van der Waals surface area contributed by atoms with E-state index >= 15 is 0 Å². The highest BCUT2D eigenvalue weighted by Gasteiger charge is 2.39. The lowest BCUT2D eigenvalue weighted by molar-refractivity contribution is 0.391. The fourth-order valence-corrected chi connectivity index (χ4v) is 3.22. The fourth-order valence-electron chi connectivity index (χ4n) is 3.22. The predicted molar refractivity (Wildman–Crippen MR) is 68.9 cm³/mol. The van der Waals surface area contributed by atoms with Crippen LogP contribution in [0.2, 0.25) is 0 Å². The van der Waals surface area contributed by atoms with E-state index in [0.29, 0.717) is 6.04 Å². The normalized spacial score (nSPS) is 32.6. The molecule has 2 aliphatic rings. The predicted octanol–water partition coefficient (Wildman–Crippen LogP) is 3.06. The Hall–Kier alpha value is -0.830. The van der Waals surface area contributed by atoms with Gasteiger partial charge < -0.3 is 9.88 Å². The van der Waals surface area contributed by atoms with Gasteiger partial charge in [0.1, 0.15) is 0 Å². The van der Waals surface area contributed by atoms with E-state index in [2.05, 4.69) is 28.0 Å². The van der Waals surface area contributed by atoms with Crippen LogP contribution in [0.5, 0.6) is 0 Å². The molecule has 0 spiro atoms. The molecule has 0 aromatic carbocycles. The van der Waals surface area contributed by atoms with Gasteiger partial charge in [0.15, 0.2) is 0 Å². The number of piperidine rings is 1. The summed E-state index contributed by atoms with van der Waals surface area (Å²) in [5, 5.41) is 3.63. The zero-order valence-corrected chi connectivity index (χ0v) is 10.7. The van der Waals surface area contributed by atoms with Crippen molar-refractivity contribution in [3.8, 4) is 0 Å². The molecule has 1 N–H and O–H groups in total. The highest BCUT2D eigenvalue weighted by Crippen LogP contribution is 2.47. The van der Waals surface area contributed by atoms with E-state index in [1.165, 1.54) is 50.8 Å². The molecule has 17 heavy (non-hydrogen) atoms. The maximum absolute atomic E-state index is 4.38. The molecule has 0 bridgehead atoms. The minimum atomic E-state index is 0.550. The standard InChI is InChI=1S/C14H23N3/c1-2-5-11-8-13(11)17-10-15-9-14(17)12-6-3-4-7-16-12/h9-13,16H,2-8H2,1H3. The SMILES string of the molecule is CCCC1CC1n1cncc1C1CCCCN1. The summed E-state index contributed by atoms with van der Waals surface area (Å²) in [6.07, 6.45) is 12.1. The van der Waals surface area contributed by atoms with Crippen LogP contribution in [0.1, 0.15) is 63.2 Å². The molecular weight excluding hydrogens is 210 g/mol. The molecule has 3 unspecified atom stereocenters. The molecule has 2 fully saturated rings. The Morgan fingerprint density at radius 1 is 1.47 bits per heavy atom. The number of imidazole rings is 1. The average Bonchev–Trinajstić information content (AvgIpc) is 2.96. The molecule has 3 nitrogen and oxygen atoms in total. The molecule has 1 aliphatic carbocycles. The van der Waals surface area contributed by atoms with Gasteiger partial charge in [-0.15, -0.1) is 0 Å². The Kier molecular flexibility index (Phi) is 3.19. The largest absolute Gasteiger partial charge is 0.330 e. The number of hydrogen-bond acceptors (Lipinski definition) is 2. The zero-order chi connectivity index (χ0) is 11.7. The second-order valence-electron chi connectivity index (χ2n) is 5.58. The number of nitrogens with one attached hydrogen (secondary N) is 1. The molecule has 3 atom stereocenters. The van der Waals surface area contributed by atoms with Crippen molar-refractivity contribution in [3.05, 3.63) is 18.2 Å². The molecule has 3 rings (SSSR count). The first-order valence-electron chi connectivity index (χ1n) is 7.15. The smallest absolute Gasteiger partial charge is 0.0951 e. The van der Waals surface area contributed by atoms with Gasteiger partial charge in [-0.3, -0.25) is 0 Å². The van der Waals surface area contributed by atoms with Crippen molar-refractivity contribution < 1.29 is 0 Å². The molecule has 2 heterocycles. The second kappa shape index (κ2) is 4.81. The van der Waals surface area contributed by atoms with Crippen molar-refractivity contribution in [2.75, 3.05) is 6.54 Å². The van der Waals surface area contributed by atoms with Crippen LogP contribution >= 0.6 is 0 Å². The molecule has 94 valence electrons. The number of nitrogens with zero attached hydrogens (tertiary/aromatic N) is 2. The first-order chi connectivity index (χ1) is 8.40. The van der Waals surface area contributed by atoms with Gasteiger partial charge in [0, 0.05) is 18.3 Å². The van der Waals surface area contributed by atoms with Crippen LogP contribution in [-0.2, 0) is 0 Å². The van der Waals surface area contributed by atoms with Crippen LogP contribution in [0.15, 0.2) is 12.5 Å². The second-order valence-corrected chi connectivity index (χ2v) is 5.58. The minimum Gasteiger partial charge on any atom is -0.330 e. The lowest BCUT2D eigenvalue weighted by atomic mass is 10.0. The van der Waals surface area contributed by atoms with E-state index < -0.39 is 0 Å². The lowest BCUT2D eigenvalue weighted by Gasteiger charge is -2.24. The van der Waals surface area contributed by atoms with Gasteiger partial charge >= 0.3 is 0 Å². The van der Waals surface area contributed by atoms with Gasteiger partial charge in [-0.1, -0.05) is 19.8 Å². The monoisotopic (exact) mass is 233 g/mol. The molecule has 1 aliphatic heterocycles. The van der Waals surface area contributed by atoms with E-state index in [-0.39, 0.29) is 0 Å². The van der Waals surface area contributed by atoms with E-state index in [0.717, 1.165) is 12.0 Å². The van der Waals surface area contributed by atoms with Crippen molar-refractivity contribution in [1.82, 2.24) is 14.9 Å². The number of hydrogen-bond donors (Lipinski definition) is 1. The van der Waals surface area contributed by atoms with Crippen molar-refractivity contribution in [2.45, 2.75) is 57.5 Å². The number of aromatic nitrogens is 2. The summed E-state index contributed by atoms with van der Waals surface area (Å²) < 4.78 is 2.45. The highest BCUT2D eigenvalue weighted by molar-refractivity contribution is 5.11. The van der Waals surface area contributed by atoms with E-state index in [4.69, 9.17) is 0 Å². The van der Waals surface area contributed by atoms with Gasteiger partial charge in [0.25, 0.3) is 0 Å². The Labute approximate surface area is 104 Å². The van der Waals surface area contributed by atoms with Gasteiger partial charge in [-0.25, -0.2) is 4.98 Å². The summed E-state index contributed by atoms with van der Waals surface area (Å²) >= 11 is 0. The Morgan fingerprint density at radius 3 is 3.18 bits per heavy atom. The fraction of sp³-hybridized carbons (Fsp3) is 0.786. The van der Waals surface area contributed by atoms with Crippen molar-refractivity contribution in [3.63, 3.8) is 0 Å². The van der Waals surface area contributed by atoms with Crippen molar-refractivity contribution in [1.29, 1.82) is 0 Å². The first-order valence-corrected chi connectivity index (χ1v) is 7.15. The third-order valence-corrected chi connectivity index (χ3v) is 4.27. The van der Waals surface area contributed by atoms with E-state index in [9.17, 15) is 0 Å². The molecule has 1 aromatic rings. The average molecular weight is 233 g/mol. The summed E-state index contributed by atoms with van der Waals surface area (Å²) in [6, 6.07) is 1.30.